The fourth-order valence-corrected chi connectivity index (χ4v) is 2.02. The van der Waals surface area contributed by atoms with Crippen LogP contribution in [-0.4, -0.2) is 23.3 Å². The Bertz CT molecular complexity index is 502. The number of hydrogen-bond donors (Lipinski definition) is 2. The van der Waals surface area contributed by atoms with Crippen molar-refractivity contribution in [2.75, 3.05) is 13.2 Å². The summed E-state index contributed by atoms with van der Waals surface area (Å²) in [5.74, 6) is 0.883. The molecule has 4 heteroatoms. The van der Waals surface area contributed by atoms with Crippen LogP contribution in [0.4, 0.5) is 0 Å². The molecule has 2 aromatic rings. The highest BCUT2D eigenvalue weighted by atomic mass is 16.5. The lowest BCUT2D eigenvalue weighted by molar-refractivity contribution is 0.340. The molecule has 0 saturated carbocycles. The molecule has 3 N–H and O–H groups in total. The molecule has 0 amide bonds. The second kappa shape index (κ2) is 5.69. The number of hydrogen-bond acceptors (Lipinski definition) is 3. The van der Waals surface area contributed by atoms with Crippen LogP contribution >= 0.6 is 0 Å². The summed E-state index contributed by atoms with van der Waals surface area (Å²) in [6.07, 6.45) is 0.838. The molecule has 0 radical (unpaired) electrons. The van der Waals surface area contributed by atoms with Crippen molar-refractivity contribution in [3.63, 3.8) is 0 Å². The van der Waals surface area contributed by atoms with Crippen LogP contribution in [0.1, 0.15) is 18.2 Å². The quantitative estimate of drug-likeness (QED) is 0.849. The standard InChI is InChI=1S/C14H19N3O/c1-3-18-12-6-4-11(5-7-12)14-13(8-9-15)10(2)16-17-14/h4-7H,3,8-9,15H2,1-2H3,(H,16,17). The maximum Gasteiger partial charge on any atom is 0.119 e. The number of benzene rings is 1. The van der Waals surface area contributed by atoms with Crippen molar-refractivity contribution in [2.24, 2.45) is 5.73 Å². The second-order valence-corrected chi connectivity index (χ2v) is 4.17. The number of rotatable bonds is 5. The van der Waals surface area contributed by atoms with Crippen molar-refractivity contribution >= 4 is 0 Å². The minimum Gasteiger partial charge on any atom is -0.494 e. The molecule has 1 aromatic heterocycles. The number of ether oxygens (including phenoxy) is 1. The Morgan fingerprint density at radius 2 is 2.00 bits per heavy atom. The summed E-state index contributed by atoms with van der Waals surface area (Å²) in [5.41, 5.74) is 10.00. The van der Waals surface area contributed by atoms with Gasteiger partial charge in [0.1, 0.15) is 5.75 Å². The molecule has 0 aliphatic carbocycles. The number of nitrogens with one attached hydrogen (secondary N) is 1. The van der Waals surface area contributed by atoms with E-state index in [9.17, 15) is 0 Å². The Kier molecular flexibility index (Phi) is 3.99. The Hall–Kier alpha value is -1.81. The third-order valence-corrected chi connectivity index (χ3v) is 2.91. The van der Waals surface area contributed by atoms with Gasteiger partial charge in [0.2, 0.25) is 0 Å². The van der Waals surface area contributed by atoms with Crippen LogP contribution < -0.4 is 10.5 Å². The Morgan fingerprint density at radius 3 is 2.61 bits per heavy atom. The lowest BCUT2D eigenvalue weighted by Gasteiger charge is -2.05. The summed E-state index contributed by atoms with van der Waals surface area (Å²) in [4.78, 5) is 0. The smallest absolute Gasteiger partial charge is 0.119 e. The second-order valence-electron chi connectivity index (χ2n) is 4.17. The molecule has 0 atom stereocenters. The number of H-pyrrole nitrogens is 1. The van der Waals surface area contributed by atoms with Crippen LogP contribution in [0.25, 0.3) is 11.3 Å². The van der Waals surface area contributed by atoms with Gasteiger partial charge in [-0.1, -0.05) is 0 Å². The summed E-state index contributed by atoms with van der Waals surface area (Å²) >= 11 is 0. The van der Waals surface area contributed by atoms with Crippen molar-refractivity contribution < 1.29 is 4.74 Å². The van der Waals surface area contributed by atoms with Crippen LogP contribution in [-0.2, 0) is 6.42 Å². The molecular weight excluding hydrogens is 226 g/mol. The van der Waals surface area contributed by atoms with E-state index in [0.29, 0.717) is 13.2 Å². The minimum atomic E-state index is 0.629. The molecule has 0 aliphatic rings. The fraction of sp³-hybridized carbons (Fsp3) is 0.357. The number of aryl methyl sites for hydroxylation is 1. The predicted octanol–water partition coefficient (Wildman–Crippen LogP) is 2.29. The first-order valence-corrected chi connectivity index (χ1v) is 6.23. The number of aromatic nitrogens is 2. The maximum atomic E-state index is 5.64. The SMILES string of the molecule is CCOc1ccc(-c2n[nH]c(C)c2CCN)cc1. The van der Waals surface area contributed by atoms with Crippen molar-refractivity contribution in [2.45, 2.75) is 20.3 Å². The molecule has 4 nitrogen and oxygen atoms in total. The van der Waals surface area contributed by atoms with Gasteiger partial charge < -0.3 is 10.5 Å². The lowest BCUT2D eigenvalue weighted by atomic mass is 10.0. The molecule has 0 saturated heterocycles. The summed E-state index contributed by atoms with van der Waals surface area (Å²) < 4.78 is 5.43. The zero-order chi connectivity index (χ0) is 13.0. The topological polar surface area (TPSA) is 63.9 Å². The molecule has 0 aliphatic heterocycles. The van der Waals surface area contributed by atoms with Gasteiger partial charge >= 0.3 is 0 Å². The average Bonchev–Trinajstić information content (AvgIpc) is 2.73. The van der Waals surface area contributed by atoms with E-state index in [1.807, 2.05) is 38.1 Å². The zero-order valence-corrected chi connectivity index (χ0v) is 10.9. The van der Waals surface area contributed by atoms with Crippen LogP contribution in [0.5, 0.6) is 5.75 Å². The van der Waals surface area contributed by atoms with Crippen molar-refractivity contribution in [1.82, 2.24) is 10.2 Å². The van der Waals surface area contributed by atoms with Crippen molar-refractivity contribution in [3.05, 3.63) is 35.5 Å². The van der Waals surface area contributed by atoms with Crippen LogP contribution in [0, 0.1) is 6.92 Å². The Morgan fingerprint density at radius 1 is 1.28 bits per heavy atom. The van der Waals surface area contributed by atoms with Gasteiger partial charge in [0.25, 0.3) is 0 Å². The van der Waals surface area contributed by atoms with Gasteiger partial charge in [-0.3, -0.25) is 5.10 Å². The molecule has 1 heterocycles. The third-order valence-electron chi connectivity index (χ3n) is 2.91. The molecule has 0 spiro atoms. The first-order valence-electron chi connectivity index (χ1n) is 6.23. The van der Waals surface area contributed by atoms with Crippen LogP contribution in [0.3, 0.4) is 0 Å². The van der Waals surface area contributed by atoms with Gasteiger partial charge in [0.05, 0.1) is 12.3 Å². The minimum absolute atomic E-state index is 0.629. The van der Waals surface area contributed by atoms with E-state index in [0.717, 1.165) is 29.1 Å². The van der Waals surface area contributed by atoms with E-state index < -0.39 is 0 Å². The summed E-state index contributed by atoms with van der Waals surface area (Å²) in [6.45, 7) is 5.31. The number of nitrogens with zero attached hydrogens (tertiary/aromatic N) is 1. The fourth-order valence-electron chi connectivity index (χ4n) is 2.02. The first kappa shape index (κ1) is 12.6. The molecular formula is C14H19N3O. The average molecular weight is 245 g/mol. The van der Waals surface area contributed by atoms with E-state index in [2.05, 4.69) is 10.2 Å². The van der Waals surface area contributed by atoms with Gasteiger partial charge in [-0.05, 0) is 51.1 Å². The normalized spacial score (nSPS) is 10.6. The highest BCUT2D eigenvalue weighted by Gasteiger charge is 2.11. The monoisotopic (exact) mass is 245 g/mol. The summed E-state index contributed by atoms with van der Waals surface area (Å²) in [5, 5.41) is 7.38. The lowest BCUT2D eigenvalue weighted by Crippen LogP contribution is -2.04. The summed E-state index contributed by atoms with van der Waals surface area (Å²) in [7, 11) is 0. The first-order chi connectivity index (χ1) is 8.76. The van der Waals surface area contributed by atoms with Crippen molar-refractivity contribution in [3.8, 4) is 17.0 Å². The van der Waals surface area contributed by atoms with E-state index in [1.54, 1.807) is 0 Å². The third kappa shape index (κ3) is 2.54. The van der Waals surface area contributed by atoms with Gasteiger partial charge in [0, 0.05) is 16.8 Å². The molecule has 2 rings (SSSR count). The Labute approximate surface area is 107 Å². The van der Waals surface area contributed by atoms with E-state index >= 15 is 0 Å². The summed E-state index contributed by atoms with van der Waals surface area (Å²) in [6, 6.07) is 7.99. The Balaban J connectivity index is 2.30. The highest BCUT2D eigenvalue weighted by Crippen LogP contribution is 2.25. The van der Waals surface area contributed by atoms with E-state index in [4.69, 9.17) is 10.5 Å². The van der Waals surface area contributed by atoms with Crippen molar-refractivity contribution in [1.29, 1.82) is 0 Å². The van der Waals surface area contributed by atoms with Gasteiger partial charge in [-0.15, -0.1) is 0 Å². The molecule has 1 aromatic carbocycles. The maximum absolute atomic E-state index is 5.64. The molecule has 18 heavy (non-hydrogen) atoms. The molecule has 0 bridgehead atoms. The van der Waals surface area contributed by atoms with Crippen LogP contribution in [0.2, 0.25) is 0 Å². The number of aromatic amines is 1. The number of nitrogens with two attached hydrogens (primary N) is 1. The van der Waals surface area contributed by atoms with Gasteiger partial charge in [-0.2, -0.15) is 5.10 Å². The van der Waals surface area contributed by atoms with E-state index in [1.165, 1.54) is 5.56 Å². The van der Waals surface area contributed by atoms with Crippen LogP contribution in [0.15, 0.2) is 24.3 Å². The van der Waals surface area contributed by atoms with E-state index in [-0.39, 0.29) is 0 Å². The predicted molar refractivity (Wildman–Crippen MR) is 72.7 cm³/mol. The molecule has 96 valence electrons. The van der Waals surface area contributed by atoms with Gasteiger partial charge in [-0.25, -0.2) is 0 Å². The van der Waals surface area contributed by atoms with Gasteiger partial charge in [0.15, 0.2) is 0 Å². The molecule has 0 unspecified atom stereocenters. The zero-order valence-electron chi connectivity index (χ0n) is 10.9. The molecule has 0 fully saturated rings. The largest absolute Gasteiger partial charge is 0.494 e. The highest BCUT2D eigenvalue weighted by molar-refractivity contribution is 5.64.